The van der Waals surface area contributed by atoms with Crippen molar-refractivity contribution in [3.8, 4) is 0 Å². The summed E-state index contributed by atoms with van der Waals surface area (Å²) in [5.41, 5.74) is 1.55. The Kier molecular flexibility index (Phi) is 5.27. The molecule has 0 aliphatic carbocycles. The molecule has 2 rings (SSSR count). The molecular formula is C15H23OSi. The van der Waals surface area contributed by atoms with Gasteiger partial charge in [-0.1, -0.05) is 50.5 Å². The topological polar surface area (TPSA) is 9.23 Å². The van der Waals surface area contributed by atoms with Gasteiger partial charge in [0, 0.05) is 6.61 Å². The Morgan fingerprint density at radius 1 is 1.18 bits per heavy atom. The number of rotatable bonds is 5. The van der Waals surface area contributed by atoms with Crippen molar-refractivity contribution in [2.24, 2.45) is 0 Å². The van der Waals surface area contributed by atoms with E-state index in [2.05, 4.69) is 31.2 Å². The number of hydrogen-bond donors (Lipinski definition) is 0. The molecule has 1 nitrogen and oxygen atoms in total. The molecule has 1 aliphatic rings. The van der Waals surface area contributed by atoms with Gasteiger partial charge < -0.3 is 4.43 Å². The Hall–Kier alpha value is -0.603. The van der Waals surface area contributed by atoms with Crippen LogP contribution in [-0.4, -0.2) is 15.6 Å². The minimum atomic E-state index is -0.692. The Morgan fingerprint density at radius 3 is 2.82 bits per heavy atom. The lowest BCUT2D eigenvalue weighted by Gasteiger charge is -2.22. The monoisotopic (exact) mass is 247 g/mol. The zero-order chi connectivity index (χ0) is 11.9. The SMILES string of the molecule is CCCCCc1ccccc1[Si]1CCCCO1. The molecule has 0 atom stereocenters. The zero-order valence-corrected chi connectivity index (χ0v) is 11.9. The summed E-state index contributed by atoms with van der Waals surface area (Å²) in [6.45, 7) is 3.25. The van der Waals surface area contributed by atoms with Gasteiger partial charge in [0.25, 0.3) is 0 Å². The second-order valence-electron chi connectivity index (χ2n) is 4.84. The normalized spacial score (nSPS) is 17.2. The minimum absolute atomic E-state index is 0.692. The summed E-state index contributed by atoms with van der Waals surface area (Å²) >= 11 is 0. The average molecular weight is 247 g/mol. The van der Waals surface area contributed by atoms with Crippen LogP contribution < -0.4 is 5.19 Å². The molecule has 1 aromatic carbocycles. The smallest absolute Gasteiger partial charge is 0.246 e. The molecule has 1 heterocycles. The van der Waals surface area contributed by atoms with Crippen molar-refractivity contribution in [3.63, 3.8) is 0 Å². The second kappa shape index (κ2) is 6.97. The quantitative estimate of drug-likeness (QED) is 0.572. The van der Waals surface area contributed by atoms with E-state index in [9.17, 15) is 0 Å². The summed E-state index contributed by atoms with van der Waals surface area (Å²) in [5, 5.41) is 1.55. The third-order valence-corrected chi connectivity index (χ3v) is 5.89. The molecule has 1 radical (unpaired) electrons. The van der Waals surface area contributed by atoms with Crippen LogP contribution in [0.2, 0.25) is 6.04 Å². The van der Waals surface area contributed by atoms with Crippen LogP contribution in [0.3, 0.4) is 0 Å². The molecular weight excluding hydrogens is 224 g/mol. The van der Waals surface area contributed by atoms with Crippen molar-refractivity contribution in [2.45, 2.75) is 51.5 Å². The van der Waals surface area contributed by atoms with Gasteiger partial charge >= 0.3 is 0 Å². The Morgan fingerprint density at radius 2 is 2.06 bits per heavy atom. The molecule has 1 saturated heterocycles. The van der Waals surface area contributed by atoms with Crippen molar-refractivity contribution in [1.82, 2.24) is 0 Å². The summed E-state index contributed by atoms with van der Waals surface area (Å²) in [6.07, 6.45) is 7.82. The van der Waals surface area contributed by atoms with E-state index >= 15 is 0 Å². The van der Waals surface area contributed by atoms with E-state index < -0.39 is 9.04 Å². The Balaban J connectivity index is 2.03. The van der Waals surface area contributed by atoms with Crippen molar-refractivity contribution < 1.29 is 4.43 Å². The summed E-state index contributed by atoms with van der Waals surface area (Å²) in [6, 6.07) is 10.3. The third-order valence-electron chi connectivity index (χ3n) is 3.44. The van der Waals surface area contributed by atoms with Crippen molar-refractivity contribution >= 4 is 14.2 Å². The van der Waals surface area contributed by atoms with E-state index in [1.807, 2.05) is 0 Å². The summed E-state index contributed by atoms with van der Waals surface area (Å²) in [7, 11) is -0.692. The van der Waals surface area contributed by atoms with Crippen molar-refractivity contribution in [1.29, 1.82) is 0 Å². The first-order chi connectivity index (χ1) is 8.42. The van der Waals surface area contributed by atoms with E-state index in [-0.39, 0.29) is 0 Å². The number of benzene rings is 1. The van der Waals surface area contributed by atoms with Crippen LogP contribution in [0.15, 0.2) is 24.3 Å². The van der Waals surface area contributed by atoms with E-state index in [1.165, 1.54) is 44.6 Å². The first-order valence-corrected chi connectivity index (χ1v) is 8.60. The van der Waals surface area contributed by atoms with Gasteiger partial charge in [0.2, 0.25) is 9.04 Å². The van der Waals surface area contributed by atoms with E-state index in [0.717, 1.165) is 6.61 Å². The molecule has 93 valence electrons. The fourth-order valence-corrected chi connectivity index (χ4v) is 4.82. The van der Waals surface area contributed by atoms with Crippen LogP contribution in [-0.2, 0) is 10.8 Å². The summed E-state index contributed by atoms with van der Waals surface area (Å²) in [4.78, 5) is 0. The molecule has 0 bridgehead atoms. The molecule has 0 N–H and O–H groups in total. The maximum Gasteiger partial charge on any atom is 0.246 e. The molecule has 0 amide bonds. The second-order valence-corrected chi connectivity index (χ2v) is 7.02. The molecule has 0 unspecified atom stereocenters. The van der Waals surface area contributed by atoms with E-state index in [0.29, 0.717) is 0 Å². The lowest BCUT2D eigenvalue weighted by molar-refractivity contribution is 0.294. The first-order valence-electron chi connectivity index (χ1n) is 6.98. The standard InChI is InChI=1S/C15H23OSi/c1-2-3-4-9-14-10-5-6-11-15(14)17-13-8-7-12-16-17/h5-6,10-11H,2-4,7-9,12-13H2,1H3. The van der Waals surface area contributed by atoms with Gasteiger partial charge in [0.1, 0.15) is 0 Å². The highest BCUT2D eigenvalue weighted by Crippen LogP contribution is 2.14. The lowest BCUT2D eigenvalue weighted by atomic mass is 10.1. The highest BCUT2D eigenvalue weighted by Gasteiger charge is 2.21. The Labute approximate surface area is 107 Å². The predicted octanol–water partition coefficient (Wildman–Crippen LogP) is 3.43. The number of aryl methyl sites for hydroxylation is 1. The highest BCUT2D eigenvalue weighted by molar-refractivity contribution is 6.68. The molecule has 2 heteroatoms. The summed E-state index contributed by atoms with van der Waals surface area (Å²) in [5.74, 6) is 0. The number of unbranched alkanes of at least 4 members (excludes halogenated alkanes) is 2. The molecule has 1 aromatic rings. The van der Waals surface area contributed by atoms with Crippen molar-refractivity contribution in [3.05, 3.63) is 29.8 Å². The fraction of sp³-hybridized carbons (Fsp3) is 0.600. The molecule has 0 aromatic heterocycles. The van der Waals surface area contributed by atoms with Crippen LogP contribution in [0, 0.1) is 0 Å². The van der Waals surface area contributed by atoms with E-state index in [4.69, 9.17) is 4.43 Å². The molecule has 0 saturated carbocycles. The highest BCUT2D eigenvalue weighted by atomic mass is 28.3. The van der Waals surface area contributed by atoms with Crippen molar-refractivity contribution in [2.75, 3.05) is 6.61 Å². The third kappa shape index (κ3) is 3.68. The maximum absolute atomic E-state index is 6.01. The van der Waals surface area contributed by atoms with Crippen LogP contribution in [0.4, 0.5) is 0 Å². The van der Waals surface area contributed by atoms with Crippen LogP contribution in [0.5, 0.6) is 0 Å². The fourth-order valence-electron chi connectivity index (χ4n) is 2.44. The molecule has 17 heavy (non-hydrogen) atoms. The number of hydrogen-bond acceptors (Lipinski definition) is 1. The van der Waals surface area contributed by atoms with Gasteiger partial charge in [0.05, 0.1) is 0 Å². The van der Waals surface area contributed by atoms with Gasteiger partial charge in [-0.3, -0.25) is 0 Å². The van der Waals surface area contributed by atoms with Gasteiger partial charge in [-0.25, -0.2) is 0 Å². The molecule has 1 fully saturated rings. The van der Waals surface area contributed by atoms with Gasteiger partial charge in [-0.2, -0.15) is 0 Å². The first kappa shape index (κ1) is 12.8. The molecule has 0 spiro atoms. The van der Waals surface area contributed by atoms with Gasteiger partial charge in [0.15, 0.2) is 0 Å². The largest absolute Gasteiger partial charge is 0.412 e. The summed E-state index contributed by atoms with van der Waals surface area (Å²) < 4.78 is 6.01. The maximum atomic E-state index is 6.01. The van der Waals surface area contributed by atoms with Crippen LogP contribution >= 0.6 is 0 Å². The lowest BCUT2D eigenvalue weighted by Crippen LogP contribution is -2.38. The Bertz CT molecular complexity index is 331. The average Bonchev–Trinajstić information content (AvgIpc) is 2.41. The molecule has 1 aliphatic heterocycles. The minimum Gasteiger partial charge on any atom is -0.412 e. The van der Waals surface area contributed by atoms with Gasteiger partial charge in [-0.15, -0.1) is 0 Å². The van der Waals surface area contributed by atoms with Crippen LogP contribution in [0.1, 0.15) is 44.6 Å². The zero-order valence-electron chi connectivity index (χ0n) is 10.9. The van der Waals surface area contributed by atoms with Crippen LogP contribution in [0.25, 0.3) is 0 Å². The van der Waals surface area contributed by atoms with E-state index in [1.54, 1.807) is 10.8 Å². The predicted molar refractivity (Wildman–Crippen MR) is 75.1 cm³/mol. The van der Waals surface area contributed by atoms with Gasteiger partial charge in [-0.05, 0) is 36.1 Å².